The molecule has 0 N–H and O–H groups in total. The number of allylic oxidation sites excluding steroid dienone is 1. The average Bonchev–Trinajstić information content (AvgIpc) is 3.17. The van der Waals surface area contributed by atoms with E-state index in [1.165, 1.54) is 23.0 Å². The van der Waals surface area contributed by atoms with E-state index in [2.05, 4.69) is 25.7 Å². The molecule has 0 saturated heterocycles. The van der Waals surface area contributed by atoms with Crippen molar-refractivity contribution < 1.29 is 23.8 Å². The van der Waals surface area contributed by atoms with Gasteiger partial charge in [-0.05, 0) is 66.0 Å². The molecule has 8 nitrogen and oxygen atoms in total. The van der Waals surface area contributed by atoms with E-state index in [-0.39, 0.29) is 29.5 Å². The molecule has 38 heavy (non-hydrogen) atoms. The fourth-order valence-corrected chi connectivity index (χ4v) is 6.03. The topological polar surface area (TPSA) is 96.2 Å². The molecule has 0 aliphatic carbocycles. The molecule has 1 aliphatic rings. The van der Waals surface area contributed by atoms with Crippen LogP contribution >= 0.6 is 38.9 Å². The quantitative estimate of drug-likeness (QED) is 0.370. The van der Waals surface area contributed by atoms with E-state index >= 15 is 0 Å². The minimum Gasteiger partial charge on any atom is -0.479 e. The van der Waals surface area contributed by atoms with E-state index in [4.69, 9.17) is 21.1 Å². The highest BCUT2D eigenvalue weighted by atomic mass is 79.9. The van der Waals surface area contributed by atoms with Crippen LogP contribution in [0, 0.1) is 6.92 Å². The third-order valence-electron chi connectivity index (χ3n) is 5.79. The van der Waals surface area contributed by atoms with Gasteiger partial charge in [-0.15, -0.1) is 0 Å². The SMILES string of the molecule is CCOC(=O)C1=C(C)N=c2s/c(=C/c3cc(Cl)c(OCC(=O)OC)c(Br)c3)c(=O)n2[C@@H]1c1ccc(C)cc1. The Kier molecular flexibility index (Phi) is 8.54. The van der Waals surface area contributed by atoms with Gasteiger partial charge in [0.1, 0.15) is 0 Å². The number of halogens is 2. The van der Waals surface area contributed by atoms with Gasteiger partial charge in [0.05, 0.1) is 45.1 Å². The number of ether oxygens (including phenoxy) is 3. The van der Waals surface area contributed by atoms with Crippen molar-refractivity contribution in [1.82, 2.24) is 4.57 Å². The number of rotatable bonds is 7. The van der Waals surface area contributed by atoms with Crippen molar-refractivity contribution in [2.45, 2.75) is 26.8 Å². The molecule has 0 bridgehead atoms. The van der Waals surface area contributed by atoms with E-state index in [1.54, 1.807) is 32.1 Å². The van der Waals surface area contributed by atoms with Crippen molar-refractivity contribution in [3.63, 3.8) is 0 Å². The number of methoxy groups -OCH3 is 1. The first-order chi connectivity index (χ1) is 18.1. The van der Waals surface area contributed by atoms with Crippen LogP contribution in [0.5, 0.6) is 5.75 Å². The average molecular weight is 620 g/mol. The van der Waals surface area contributed by atoms with E-state index in [1.807, 2.05) is 31.2 Å². The maximum Gasteiger partial charge on any atom is 0.343 e. The monoisotopic (exact) mass is 618 g/mol. The number of aryl methyl sites for hydroxylation is 1. The molecular formula is C27H24BrClN2O6S. The zero-order chi connectivity index (χ0) is 27.6. The Hall–Kier alpha value is -3.21. The highest BCUT2D eigenvalue weighted by molar-refractivity contribution is 9.10. The summed E-state index contributed by atoms with van der Waals surface area (Å²) in [6.07, 6.45) is 1.69. The van der Waals surface area contributed by atoms with Crippen molar-refractivity contribution in [2.75, 3.05) is 20.3 Å². The molecule has 11 heteroatoms. The Morgan fingerprint density at radius 1 is 1.21 bits per heavy atom. The summed E-state index contributed by atoms with van der Waals surface area (Å²) in [6.45, 7) is 5.36. The summed E-state index contributed by atoms with van der Waals surface area (Å²) in [5.74, 6) is -0.768. The summed E-state index contributed by atoms with van der Waals surface area (Å²) in [4.78, 5) is 43.2. The Labute approximate surface area is 236 Å². The van der Waals surface area contributed by atoms with Crippen LogP contribution in [0.1, 0.15) is 36.6 Å². The number of hydrogen-bond acceptors (Lipinski definition) is 8. The molecule has 0 fully saturated rings. The van der Waals surface area contributed by atoms with Crippen molar-refractivity contribution in [1.29, 1.82) is 0 Å². The minimum absolute atomic E-state index is 0.204. The van der Waals surface area contributed by atoms with Crippen molar-refractivity contribution in [3.8, 4) is 5.75 Å². The summed E-state index contributed by atoms with van der Waals surface area (Å²) >= 11 is 11.0. The largest absolute Gasteiger partial charge is 0.479 e. The molecule has 1 atom stereocenters. The van der Waals surface area contributed by atoms with Crippen LogP contribution in [0.2, 0.25) is 5.02 Å². The van der Waals surface area contributed by atoms with Crippen LogP contribution in [-0.2, 0) is 19.1 Å². The number of aromatic nitrogens is 1. The highest BCUT2D eigenvalue weighted by Gasteiger charge is 2.33. The number of carbonyl (C=O) groups is 2. The van der Waals surface area contributed by atoms with Crippen molar-refractivity contribution in [3.05, 3.63) is 93.5 Å². The van der Waals surface area contributed by atoms with Gasteiger partial charge in [-0.1, -0.05) is 52.8 Å². The van der Waals surface area contributed by atoms with Gasteiger partial charge in [0.25, 0.3) is 5.56 Å². The number of hydrogen-bond donors (Lipinski definition) is 0. The zero-order valence-electron chi connectivity index (χ0n) is 21.0. The van der Waals surface area contributed by atoms with Gasteiger partial charge in [-0.25, -0.2) is 14.6 Å². The molecule has 2 heterocycles. The second-order valence-corrected chi connectivity index (χ2v) is 10.7. The Bertz CT molecular complexity index is 1600. The first-order valence-electron chi connectivity index (χ1n) is 11.6. The number of fused-ring (bicyclic) bond motifs is 1. The first kappa shape index (κ1) is 27.8. The molecular weight excluding hydrogens is 596 g/mol. The summed E-state index contributed by atoms with van der Waals surface area (Å²) in [5.41, 5.74) is 2.99. The van der Waals surface area contributed by atoms with Gasteiger partial charge in [0, 0.05) is 0 Å². The van der Waals surface area contributed by atoms with Crippen LogP contribution in [0.4, 0.5) is 0 Å². The molecule has 3 aromatic rings. The molecule has 0 spiro atoms. The second kappa shape index (κ2) is 11.7. The fraction of sp³-hybridized carbons (Fsp3) is 0.259. The lowest BCUT2D eigenvalue weighted by molar-refractivity contribution is -0.143. The van der Waals surface area contributed by atoms with Gasteiger partial charge < -0.3 is 14.2 Å². The molecule has 1 aliphatic heterocycles. The molecule has 0 saturated carbocycles. The molecule has 198 valence electrons. The smallest absolute Gasteiger partial charge is 0.343 e. The van der Waals surface area contributed by atoms with Crippen LogP contribution in [0.25, 0.3) is 6.08 Å². The molecule has 1 aromatic heterocycles. The van der Waals surface area contributed by atoms with Crippen LogP contribution < -0.4 is 19.6 Å². The maximum absolute atomic E-state index is 13.7. The first-order valence-corrected chi connectivity index (χ1v) is 13.6. The lowest BCUT2D eigenvalue weighted by Crippen LogP contribution is -2.39. The van der Waals surface area contributed by atoms with Gasteiger partial charge in [-0.2, -0.15) is 0 Å². The highest BCUT2D eigenvalue weighted by Crippen LogP contribution is 2.35. The molecule has 0 radical (unpaired) electrons. The number of carbonyl (C=O) groups excluding carboxylic acids is 2. The lowest BCUT2D eigenvalue weighted by Gasteiger charge is -2.24. The Morgan fingerprint density at radius 2 is 1.92 bits per heavy atom. The Balaban J connectivity index is 1.83. The van der Waals surface area contributed by atoms with Gasteiger partial charge in [0.2, 0.25) is 0 Å². The van der Waals surface area contributed by atoms with Crippen LogP contribution in [0.15, 0.2) is 61.9 Å². The fourth-order valence-electron chi connectivity index (χ4n) is 4.00. The molecule has 2 aromatic carbocycles. The van der Waals surface area contributed by atoms with E-state index in [9.17, 15) is 14.4 Å². The lowest BCUT2D eigenvalue weighted by atomic mass is 9.95. The van der Waals surface area contributed by atoms with Crippen LogP contribution in [0.3, 0.4) is 0 Å². The number of nitrogens with zero attached hydrogens (tertiary/aromatic N) is 2. The van der Waals surface area contributed by atoms with Crippen molar-refractivity contribution >= 4 is 56.9 Å². The van der Waals surface area contributed by atoms with Gasteiger partial charge >= 0.3 is 11.9 Å². The summed E-state index contributed by atoms with van der Waals surface area (Å²) < 4.78 is 17.8. The van der Waals surface area contributed by atoms with Crippen LogP contribution in [-0.4, -0.2) is 36.8 Å². The van der Waals surface area contributed by atoms with E-state index in [0.717, 1.165) is 11.1 Å². The van der Waals surface area contributed by atoms with Gasteiger partial charge in [0.15, 0.2) is 17.2 Å². The number of benzene rings is 2. The molecule has 0 amide bonds. The van der Waals surface area contributed by atoms with Gasteiger partial charge in [-0.3, -0.25) is 9.36 Å². The molecule has 4 rings (SSSR count). The standard InChI is InChI=1S/C27H24BrClN2O6S/c1-5-36-26(34)22-15(3)30-27-31(23(22)17-8-6-14(2)7-9-17)25(33)20(38-27)12-16-10-18(28)24(19(29)11-16)37-13-21(32)35-4/h6-12,23H,5,13H2,1-4H3/b20-12+/t23-/m1/s1. The summed E-state index contributed by atoms with van der Waals surface area (Å²) in [7, 11) is 1.27. The molecule has 0 unspecified atom stereocenters. The van der Waals surface area contributed by atoms with E-state index in [0.29, 0.717) is 30.6 Å². The predicted molar refractivity (Wildman–Crippen MR) is 148 cm³/mol. The second-order valence-electron chi connectivity index (χ2n) is 8.39. The number of esters is 2. The van der Waals surface area contributed by atoms with E-state index < -0.39 is 18.0 Å². The zero-order valence-corrected chi connectivity index (χ0v) is 24.2. The predicted octanol–water partition coefficient (Wildman–Crippen LogP) is 4.07. The third-order valence-corrected chi connectivity index (χ3v) is 7.64. The maximum atomic E-state index is 13.7. The Morgan fingerprint density at radius 3 is 2.55 bits per heavy atom. The van der Waals surface area contributed by atoms with Crippen molar-refractivity contribution in [2.24, 2.45) is 4.99 Å². The normalized spacial score (nSPS) is 15.1. The third kappa shape index (κ3) is 5.62. The summed E-state index contributed by atoms with van der Waals surface area (Å²) in [5, 5.41) is 0.250. The minimum atomic E-state index is -0.683. The summed E-state index contributed by atoms with van der Waals surface area (Å²) in [6, 6.07) is 10.3. The number of thiazole rings is 1.